The summed E-state index contributed by atoms with van der Waals surface area (Å²) in [6.45, 7) is 8.58. The zero-order valence-corrected chi connectivity index (χ0v) is 26.0. The maximum atomic E-state index is 13.8. The fourth-order valence-electron chi connectivity index (χ4n) is 4.76. The van der Waals surface area contributed by atoms with Crippen molar-refractivity contribution in [2.24, 2.45) is 5.10 Å². The van der Waals surface area contributed by atoms with Crippen molar-refractivity contribution < 1.29 is 19.1 Å². The zero-order valence-electron chi connectivity index (χ0n) is 25.3. The highest BCUT2D eigenvalue weighted by Crippen LogP contribution is 2.39. The monoisotopic (exact) mass is 627 g/mol. The molecule has 0 saturated carbocycles. The molecule has 0 saturated heterocycles. The number of benzene rings is 3. The Hall–Kier alpha value is -5.29. The summed E-state index contributed by atoms with van der Waals surface area (Å²) < 4.78 is 18.5. The third kappa shape index (κ3) is 6.48. The Kier molecular flexibility index (Phi) is 9.10. The average molecular weight is 628 g/mol. The number of aromatic nitrogens is 3. The second-order valence-corrected chi connectivity index (χ2v) is 10.8. The largest absolute Gasteiger partial charge is 0.494 e. The number of fused-ring (bicyclic) bond motifs is 1. The first-order valence-corrected chi connectivity index (χ1v) is 14.5. The molecule has 0 N–H and O–H groups in total. The van der Waals surface area contributed by atoms with E-state index in [2.05, 4.69) is 23.9 Å². The summed E-state index contributed by atoms with van der Waals surface area (Å²) in [5, 5.41) is 16.1. The molecule has 12 heteroatoms. The zero-order chi connectivity index (χ0) is 32.2. The van der Waals surface area contributed by atoms with Crippen LogP contribution in [0.3, 0.4) is 0 Å². The smallest absolute Gasteiger partial charge is 0.287 e. The number of nitrogens with zero attached hydrogens (tertiary/aromatic N) is 5. The Balaban J connectivity index is 1.60. The second kappa shape index (κ2) is 13.1. The van der Waals surface area contributed by atoms with Crippen LogP contribution in [0.1, 0.15) is 43.4 Å². The molecule has 0 amide bonds. The molecule has 5 rings (SSSR count). The van der Waals surface area contributed by atoms with Gasteiger partial charge in [0.25, 0.3) is 11.2 Å². The van der Waals surface area contributed by atoms with Crippen LogP contribution in [0.15, 0.2) is 76.8 Å². The molecule has 5 aromatic rings. The standard InChI is InChI=1S/C33H30ClN5O6/c1-6-44-28-13-20(4)25(16-24(28)19(2)3)32-37-27-10-8-7-9-23(27)33(40)38(32)36-17-21-14-26(34)31(29(15-21)43-5)45-30-12-11-22(18-35-30)39(41)42/h7-19H,6H2,1-5H3. The molecule has 11 nitrogen and oxygen atoms in total. The lowest BCUT2D eigenvalue weighted by Gasteiger charge is -2.18. The maximum absolute atomic E-state index is 13.8. The number of methoxy groups -OCH3 is 1. The van der Waals surface area contributed by atoms with Gasteiger partial charge in [-0.25, -0.2) is 9.97 Å². The van der Waals surface area contributed by atoms with Crippen LogP contribution < -0.4 is 19.8 Å². The highest BCUT2D eigenvalue weighted by molar-refractivity contribution is 6.32. The van der Waals surface area contributed by atoms with Crippen molar-refractivity contribution in [2.75, 3.05) is 13.7 Å². The van der Waals surface area contributed by atoms with E-state index in [0.717, 1.165) is 28.6 Å². The van der Waals surface area contributed by atoms with Gasteiger partial charge in [0.2, 0.25) is 5.88 Å². The first-order chi connectivity index (χ1) is 21.6. The molecule has 0 unspecified atom stereocenters. The quantitative estimate of drug-likeness (QED) is 0.0882. The summed E-state index contributed by atoms with van der Waals surface area (Å²) in [5.74, 6) is 1.84. The minimum atomic E-state index is -0.555. The van der Waals surface area contributed by atoms with Crippen LogP contribution in [0.25, 0.3) is 22.3 Å². The number of para-hydroxylation sites is 1. The lowest BCUT2D eigenvalue weighted by atomic mass is 9.96. The van der Waals surface area contributed by atoms with Crippen LogP contribution >= 0.6 is 11.6 Å². The fourth-order valence-corrected chi connectivity index (χ4v) is 5.02. The molecule has 2 aromatic heterocycles. The van der Waals surface area contributed by atoms with Gasteiger partial charge in [-0.2, -0.15) is 9.78 Å². The van der Waals surface area contributed by atoms with Gasteiger partial charge in [0, 0.05) is 17.7 Å². The van der Waals surface area contributed by atoms with Gasteiger partial charge in [0.15, 0.2) is 17.3 Å². The first kappa shape index (κ1) is 31.1. The number of halogens is 1. The normalized spacial score (nSPS) is 11.4. The Bertz CT molecular complexity index is 1990. The topological polar surface area (TPSA) is 131 Å². The lowest BCUT2D eigenvalue weighted by Crippen LogP contribution is -2.21. The molecule has 230 valence electrons. The highest BCUT2D eigenvalue weighted by atomic mass is 35.5. The van der Waals surface area contributed by atoms with E-state index in [1.807, 2.05) is 32.0 Å². The summed E-state index contributed by atoms with van der Waals surface area (Å²) in [5.41, 5.74) is 3.16. The summed E-state index contributed by atoms with van der Waals surface area (Å²) in [6, 6.07) is 16.9. The molecule has 0 spiro atoms. The summed E-state index contributed by atoms with van der Waals surface area (Å²) >= 11 is 6.58. The molecule has 0 fully saturated rings. The number of nitro groups is 1. The molecular weight excluding hydrogens is 598 g/mol. The minimum Gasteiger partial charge on any atom is -0.494 e. The molecule has 0 aliphatic carbocycles. The summed E-state index contributed by atoms with van der Waals surface area (Å²) in [6.07, 6.45) is 2.57. The van der Waals surface area contributed by atoms with E-state index in [0.29, 0.717) is 28.9 Å². The Morgan fingerprint density at radius 3 is 2.56 bits per heavy atom. The van der Waals surface area contributed by atoms with E-state index in [9.17, 15) is 14.9 Å². The molecule has 0 radical (unpaired) electrons. The van der Waals surface area contributed by atoms with Gasteiger partial charge in [-0.1, -0.05) is 37.6 Å². The Morgan fingerprint density at radius 1 is 1.11 bits per heavy atom. The molecular formula is C33H30ClN5O6. The van der Waals surface area contributed by atoms with E-state index in [1.165, 1.54) is 30.1 Å². The van der Waals surface area contributed by atoms with Gasteiger partial charge in [-0.05, 0) is 72.9 Å². The second-order valence-electron chi connectivity index (χ2n) is 10.4. The summed E-state index contributed by atoms with van der Waals surface area (Å²) in [7, 11) is 1.44. The number of pyridine rings is 1. The molecule has 3 aromatic carbocycles. The van der Waals surface area contributed by atoms with Crippen molar-refractivity contribution in [3.05, 3.63) is 109 Å². The van der Waals surface area contributed by atoms with E-state index in [4.69, 9.17) is 30.8 Å². The molecule has 0 aliphatic heterocycles. The SMILES string of the molecule is CCOc1cc(C)c(-c2nc3ccccc3c(=O)n2N=Cc2cc(Cl)c(Oc3ccc([N+](=O)[O-])cn3)c(OC)c2)cc1C(C)C. The third-order valence-corrected chi connectivity index (χ3v) is 7.27. The molecule has 0 aliphatic rings. The van der Waals surface area contributed by atoms with E-state index < -0.39 is 4.92 Å². The molecule has 2 heterocycles. The van der Waals surface area contributed by atoms with Crippen molar-refractivity contribution in [1.82, 2.24) is 14.6 Å². The molecule has 0 bridgehead atoms. The van der Waals surface area contributed by atoms with Crippen molar-refractivity contribution >= 4 is 34.4 Å². The van der Waals surface area contributed by atoms with E-state index >= 15 is 0 Å². The van der Waals surface area contributed by atoms with Gasteiger partial charge in [0.1, 0.15) is 11.9 Å². The number of ether oxygens (including phenoxy) is 3. The fraction of sp³-hybridized carbons (Fsp3) is 0.212. The predicted molar refractivity (Wildman–Crippen MR) is 173 cm³/mol. The number of hydrogen-bond acceptors (Lipinski definition) is 9. The van der Waals surface area contributed by atoms with Crippen LogP contribution in [0.2, 0.25) is 5.02 Å². The molecule has 0 atom stereocenters. The van der Waals surface area contributed by atoms with Gasteiger partial charge in [-0.3, -0.25) is 14.9 Å². The average Bonchev–Trinajstić information content (AvgIpc) is 3.02. The predicted octanol–water partition coefficient (Wildman–Crippen LogP) is 7.53. The van der Waals surface area contributed by atoms with E-state index in [1.54, 1.807) is 30.3 Å². The van der Waals surface area contributed by atoms with Crippen LogP contribution in [-0.2, 0) is 0 Å². The van der Waals surface area contributed by atoms with Crippen LogP contribution in [-0.4, -0.2) is 39.5 Å². The third-order valence-electron chi connectivity index (χ3n) is 6.99. The van der Waals surface area contributed by atoms with Crippen LogP contribution in [0.5, 0.6) is 23.1 Å². The van der Waals surface area contributed by atoms with Crippen LogP contribution in [0, 0.1) is 17.0 Å². The highest BCUT2D eigenvalue weighted by Gasteiger charge is 2.19. The van der Waals surface area contributed by atoms with Crippen LogP contribution in [0.4, 0.5) is 5.69 Å². The maximum Gasteiger partial charge on any atom is 0.287 e. The van der Waals surface area contributed by atoms with Gasteiger partial charge in [-0.15, -0.1) is 0 Å². The Labute approximate surface area is 263 Å². The Morgan fingerprint density at radius 2 is 1.89 bits per heavy atom. The number of rotatable bonds is 10. The van der Waals surface area contributed by atoms with Gasteiger partial charge in [0.05, 0.1) is 40.8 Å². The number of aryl methyl sites for hydroxylation is 1. The van der Waals surface area contributed by atoms with Crippen molar-refractivity contribution in [1.29, 1.82) is 0 Å². The first-order valence-electron chi connectivity index (χ1n) is 14.1. The van der Waals surface area contributed by atoms with E-state index in [-0.39, 0.29) is 39.6 Å². The lowest BCUT2D eigenvalue weighted by molar-refractivity contribution is -0.385. The minimum absolute atomic E-state index is 0.0899. The molecule has 45 heavy (non-hydrogen) atoms. The van der Waals surface area contributed by atoms with Crippen molar-refractivity contribution in [2.45, 2.75) is 33.6 Å². The van der Waals surface area contributed by atoms with Crippen molar-refractivity contribution in [3.63, 3.8) is 0 Å². The van der Waals surface area contributed by atoms with Crippen molar-refractivity contribution in [3.8, 4) is 34.5 Å². The van der Waals surface area contributed by atoms with Gasteiger partial charge < -0.3 is 14.2 Å². The van der Waals surface area contributed by atoms with Gasteiger partial charge >= 0.3 is 0 Å². The summed E-state index contributed by atoms with van der Waals surface area (Å²) in [4.78, 5) is 33.1. The number of hydrogen-bond donors (Lipinski definition) is 0.